The van der Waals surface area contributed by atoms with Crippen LogP contribution in [0.3, 0.4) is 0 Å². The number of carbonyl (C=O) groups excluding carboxylic acids is 2. The molecule has 0 aliphatic carbocycles. The summed E-state index contributed by atoms with van der Waals surface area (Å²) in [6, 6.07) is 2.81. The van der Waals surface area contributed by atoms with Crippen molar-refractivity contribution in [2.75, 3.05) is 23.8 Å². The SMILES string of the molecule is Cc1cc(N(C(=O)OC(C)(C)C)C(=O)OC(C)(C)C)c2nc1O[C@H](CO)CCCCC[C@](O)(C(F)(F)F)c1nnc-2o1.Cc1cc(N)c2nc1O[C@H](CO)CCCCC[C@](O)(C(F)(F)F)c1nnc-2o1. The topological polar surface area (TPSA) is 285 Å². The smallest absolute Gasteiger partial charge is 0.426 e. The second kappa shape index (κ2) is 21.2. The van der Waals surface area contributed by atoms with Gasteiger partial charge in [-0.1, -0.05) is 12.8 Å². The number of fused-ring (bicyclic) bond motifs is 10. The molecule has 8 bridgehead atoms. The van der Waals surface area contributed by atoms with Gasteiger partial charge in [-0.25, -0.2) is 19.6 Å². The van der Waals surface area contributed by atoms with Gasteiger partial charge in [0, 0.05) is 11.1 Å². The summed E-state index contributed by atoms with van der Waals surface area (Å²) in [5.41, 5.74) is -2.78. The average Bonchev–Trinajstić information content (AvgIpc) is 3.93. The van der Waals surface area contributed by atoms with Crippen molar-refractivity contribution in [1.82, 2.24) is 30.4 Å². The van der Waals surface area contributed by atoms with Gasteiger partial charge in [0.05, 0.1) is 24.6 Å². The summed E-state index contributed by atoms with van der Waals surface area (Å²) in [4.78, 5) is 35.8. The number of nitrogens with two attached hydrogens (primary N) is 1. The number of ether oxygens (including phenoxy) is 4. The Balaban J connectivity index is 0.000000282. The van der Waals surface area contributed by atoms with Crippen molar-refractivity contribution >= 4 is 23.6 Å². The Labute approximate surface area is 397 Å². The Morgan fingerprint density at radius 2 is 1.07 bits per heavy atom. The highest BCUT2D eigenvalue weighted by Gasteiger charge is 2.59. The molecule has 4 atom stereocenters. The minimum absolute atomic E-state index is 0.0508. The minimum atomic E-state index is -5.17. The van der Waals surface area contributed by atoms with Gasteiger partial charge in [-0.05, 0) is 119 Å². The predicted octanol–water partition coefficient (Wildman–Crippen LogP) is 8.05. The number of anilines is 2. The Kier molecular flexibility index (Phi) is 16.7. The van der Waals surface area contributed by atoms with E-state index in [9.17, 15) is 56.4 Å². The number of nitrogens with zero attached hydrogens (tertiary/aromatic N) is 7. The van der Waals surface area contributed by atoms with E-state index in [1.165, 1.54) is 12.1 Å². The molecule has 6 heterocycles. The summed E-state index contributed by atoms with van der Waals surface area (Å²) in [5, 5.41) is 54.7. The number of aromatic nitrogens is 6. The van der Waals surface area contributed by atoms with Gasteiger partial charge < -0.3 is 53.9 Å². The Morgan fingerprint density at radius 1 is 0.671 bits per heavy atom. The number of alkyl halides is 6. The van der Waals surface area contributed by atoms with Gasteiger partial charge in [0.2, 0.25) is 23.0 Å². The summed E-state index contributed by atoms with van der Waals surface area (Å²) in [6.07, 6.45) is -13.0. The maximum absolute atomic E-state index is 14.1. The number of imide groups is 1. The van der Waals surface area contributed by atoms with E-state index in [2.05, 4.69) is 30.4 Å². The van der Waals surface area contributed by atoms with Crippen LogP contribution in [-0.2, 0) is 20.7 Å². The van der Waals surface area contributed by atoms with Gasteiger partial charge in [0.25, 0.3) is 23.6 Å². The van der Waals surface area contributed by atoms with Gasteiger partial charge in [0.15, 0.2) is 11.4 Å². The molecule has 0 unspecified atom stereocenters. The van der Waals surface area contributed by atoms with Gasteiger partial charge in [-0.2, -0.15) is 31.2 Å². The van der Waals surface area contributed by atoms with Crippen LogP contribution in [0.4, 0.5) is 47.3 Å². The van der Waals surface area contributed by atoms with Crippen LogP contribution in [0.2, 0.25) is 0 Å². The Morgan fingerprint density at radius 3 is 1.47 bits per heavy atom. The second-order valence-electron chi connectivity index (χ2n) is 18.9. The maximum Gasteiger partial charge on any atom is 0.426 e. The fourth-order valence-corrected chi connectivity index (χ4v) is 7.09. The van der Waals surface area contributed by atoms with Gasteiger partial charge in [0.1, 0.15) is 23.4 Å². The minimum Gasteiger partial charge on any atom is -0.472 e. The lowest BCUT2D eigenvalue weighted by Crippen LogP contribution is -2.44. The molecule has 4 aromatic rings. The van der Waals surface area contributed by atoms with Gasteiger partial charge in [-0.15, -0.1) is 20.4 Å². The normalized spacial score (nSPS) is 21.6. The molecule has 70 heavy (non-hydrogen) atoms. The molecule has 6 N–H and O–H groups in total. The first kappa shape index (κ1) is 55.1. The third-order valence-corrected chi connectivity index (χ3v) is 10.7. The standard InChI is InChI=1S/C27H37F3N4O8.C17H21F3N4O4/c1-15-13-17(34(22(36)41-24(2,3)4)23(37)42-25(5,6)7)18-20-32-33-21(40-20)26(38,27(28,29)30)12-10-8-9-11-16(14-35)39-19(15)31-18;1-9-7-11(21)12-14-23-24-15(28-14)16(26,17(18,19)20)6-4-2-3-5-10(8-25)27-13(9)22-12/h13,16,35,38H,8-12,14H2,1-7H3;7,10,25-26H,2-6,8,21H2,1H3/t16-,26+;10-,16+/m00/s1. The summed E-state index contributed by atoms with van der Waals surface area (Å²) >= 11 is 0. The molecule has 2 aliphatic rings. The highest BCUT2D eigenvalue weighted by Crippen LogP contribution is 2.46. The highest BCUT2D eigenvalue weighted by atomic mass is 19.4. The van der Waals surface area contributed by atoms with Crippen molar-refractivity contribution in [1.29, 1.82) is 0 Å². The Hall–Kier alpha value is -5.86. The van der Waals surface area contributed by atoms with Crippen LogP contribution in [0, 0.1) is 13.8 Å². The molecule has 0 fully saturated rings. The zero-order chi connectivity index (χ0) is 52.2. The van der Waals surface area contributed by atoms with Crippen LogP contribution >= 0.6 is 0 Å². The van der Waals surface area contributed by atoms with Gasteiger partial charge in [-0.3, -0.25) is 0 Å². The third kappa shape index (κ3) is 12.9. The number of pyridine rings is 2. The molecule has 0 aromatic carbocycles. The third-order valence-electron chi connectivity index (χ3n) is 10.7. The second-order valence-corrected chi connectivity index (χ2v) is 18.9. The molecule has 2 aliphatic heterocycles. The molecule has 4 aromatic heterocycles. The summed E-state index contributed by atoms with van der Waals surface area (Å²) < 4.78 is 116. The summed E-state index contributed by atoms with van der Waals surface area (Å²) in [5.74, 6) is -3.01. The molecule has 0 saturated heterocycles. The fourth-order valence-electron chi connectivity index (χ4n) is 7.09. The van der Waals surface area contributed by atoms with E-state index in [1.807, 2.05) is 0 Å². The lowest BCUT2D eigenvalue weighted by Gasteiger charge is -2.29. The summed E-state index contributed by atoms with van der Waals surface area (Å²) in [7, 11) is 0. The highest BCUT2D eigenvalue weighted by molar-refractivity contribution is 6.11. The van der Waals surface area contributed by atoms with E-state index in [0.29, 0.717) is 41.7 Å². The monoisotopic (exact) mass is 1000 g/mol. The van der Waals surface area contributed by atoms with Crippen molar-refractivity contribution in [3.05, 3.63) is 35.0 Å². The van der Waals surface area contributed by atoms with Crippen LogP contribution in [-0.4, -0.2) is 112 Å². The zero-order valence-corrected chi connectivity index (χ0v) is 39.8. The number of aliphatic hydroxyl groups excluding tert-OH is 2. The number of nitrogen functional groups attached to an aromatic ring is 1. The first-order valence-corrected chi connectivity index (χ1v) is 22.3. The van der Waals surface area contributed by atoms with E-state index in [-0.39, 0.29) is 67.0 Å². The molecular formula is C44H58F6N8O12. The number of aliphatic hydroxyl groups is 4. The zero-order valence-electron chi connectivity index (χ0n) is 39.8. The van der Waals surface area contributed by atoms with Crippen LogP contribution in [0.1, 0.15) is 129 Å². The molecular weight excluding hydrogens is 947 g/mol. The first-order chi connectivity index (χ1) is 32.4. The molecule has 26 heteroatoms. The maximum atomic E-state index is 14.1. The van der Waals surface area contributed by atoms with E-state index < -0.39 is 102 Å². The molecule has 0 radical (unpaired) electrons. The van der Waals surface area contributed by atoms with Crippen molar-refractivity contribution in [2.45, 2.75) is 167 Å². The average molecular weight is 1000 g/mol. The molecule has 6 rings (SSSR count). The van der Waals surface area contributed by atoms with Crippen molar-refractivity contribution in [3.63, 3.8) is 0 Å². The molecule has 20 nitrogen and oxygen atoms in total. The molecule has 2 amide bonds. The van der Waals surface area contributed by atoms with Crippen LogP contribution in [0.15, 0.2) is 21.0 Å². The van der Waals surface area contributed by atoms with E-state index in [4.69, 9.17) is 33.5 Å². The van der Waals surface area contributed by atoms with Crippen LogP contribution in [0.5, 0.6) is 11.8 Å². The predicted molar refractivity (Wildman–Crippen MR) is 233 cm³/mol. The fraction of sp³-hybridized carbons (Fsp3) is 0.636. The van der Waals surface area contributed by atoms with Crippen molar-refractivity contribution in [3.8, 4) is 34.9 Å². The largest absolute Gasteiger partial charge is 0.472 e. The van der Waals surface area contributed by atoms with Crippen LogP contribution in [0.25, 0.3) is 23.2 Å². The summed E-state index contributed by atoms with van der Waals surface area (Å²) in [6.45, 7) is 12.0. The van der Waals surface area contributed by atoms with Crippen molar-refractivity contribution < 1.29 is 84.1 Å². The number of rotatable bonds is 3. The van der Waals surface area contributed by atoms with E-state index in [1.54, 1.807) is 55.4 Å². The lowest BCUT2D eigenvalue weighted by atomic mass is 9.94. The number of amides is 2. The number of aryl methyl sites for hydroxylation is 2. The lowest BCUT2D eigenvalue weighted by molar-refractivity contribution is -0.277. The molecule has 0 spiro atoms. The van der Waals surface area contributed by atoms with Crippen LogP contribution < -0.4 is 20.1 Å². The van der Waals surface area contributed by atoms with Gasteiger partial charge >= 0.3 is 24.5 Å². The number of hydrogen-bond acceptors (Lipinski definition) is 19. The number of carbonyl (C=O) groups is 2. The number of hydrogen-bond donors (Lipinski definition) is 5. The molecule has 0 saturated carbocycles. The quantitative estimate of drug-likeness (QED) is 0.121. The van der Waals surface area contributed by atoms with E-state index in [0.717, 1.165) is 0 Å². The first-order valence-electron chi connectivity index (χ1n) is 22.3. The van der Waals surface area contributed by atoms with E-state index >= 15 is 0 Å². The Bertz CT molecular complexity index is 2430. The molecule has 388 valence electrons. The van der Waals surface area contributed by atoms with Crippen molar-refractivity contribution in [2.24, 2.45) is 0 Å². The number of halogens is 6.